The van der Waals surface area contributed by atoms with E-state index in [4.69, 9.17) is 0 Å². The van der Waals surface area contributed by atoms with Crippen molar-refractivity contribution < 1.29 is 0 Å². The van der Waals surface area contributed by atoms with Crippen LogP contribution < -0.4 is 5.32 Å². The summed E-state index contributed by atoms with van der Waals surface area (Å²) in [6.45, 7) is 8.77. The average Bonchev–Trinajstić information content (AvgIpc) is 2.39. The third-order valence-electron chi connectivity index (χ3n) is 3.50. The molecule has 20 heavy (non-hydrogen) atoms. The summed E-state index contributed by atoms with van der Waals surface area (Å²) in [6, 6.07) is 10.7. The molecule has 0 aliphatic rings. The van der Waals surface area contributed by atoms with Gasteiger partial charge >= 0.3 is 0 Å². The highest BCUT2D eigenvalue weighted by Gasteiger charge is 2.13. The second kappa shape index (κ2) is 6.40. The Balaban J connectivity index is 2.30. The molecule has 0 saturated heterocycles. The fourth-order valence-corrected chi connectivity index (χ4v) is 3.28. The molecule has 0 aliphatic carbocycles. The summed E-state index contributed by atoms with van der Waals surface area (Å²) < 4.78 is 1.19. The Morgan fingerprint density at radius 2 is 1.85 bits per heavy atom. The Morgan fingerprint density at radius 3 is 2.45 bits per heavy atom. The van der Waals surface area contributed by atoms with Gasteiger partial charge in [0.1, 0.15) is 5.82 Å². The van der Waals surface area contributed by atoms with Crippen molar-refractivity contribution in [2.24, 2.45) is 0 Å². The fraction of sp³-hybridized carbons (Fsp3) is 0.353. The third kappa shape index (κ3) is 3.40. The second-order valence-electron chi connectivity index (χ2n) is 5.47. The number of hydrogen-bond acceptors (Lipinski definition) is 2. The molecule has 0 amide bonds. The Labute approximate surface area is 129 Å². The summed E-state index contributed by atoms with van der Waals surface area (Å²) in [5.41, 5.74) is 3.96. The largest absolute Gasteiger partial charge is 0.364 e. The Kier molecular flexibility index (Phi) is 4.81. The van der Waals surface area contributed by atoms with Crippen molar-refractivity contribution in [1.82, 2.24) is 4.98 Å². The highest BCUT2D eigenvalue weighted by atomic mass is 79.9. The normalized spacial score (nSPS) is 12.5. The van der Waals surface area contributed by atoms with Crippen molar-refractivity contribution in [1.29, 1.82) is 0 Å². The monoisotopic (exact) mass is 332 g/mol. The van der Waals surface area contributed by atoms with Crippen LogP contribution in [0.3, 0.4) is 0 Å². The van der Waals surface area contributed by atoms with Crippen LogP contribution in [0.4, 0.5) is 5.82 Å². The molecule has 1 aromatic carbocycles. The first-order valence-corrected chi connectivity index (χ1v) is 7.76. The summed E-state index contributed by atoms with van der Waals surface area (Å²) in [6.07, 6.45) is 1.81. The van der Waals surface area contributed by atoms with Crippen LogP contribution in [0.1, 0.15) is 49.4 Å². The van der Waals surface area contributed by atoms with E-state index in [9.17, 15) is 0 Å². The molecule has 3 heteroatoms. The SMILES string of the molecule is Cc1cc(Br)c(C(C)C)cc1C(C)Nc1ccccn1. The number of anilines is 1. The maximum absolute atomic E-state index is 4.33. The van der Waals surface area contributed by atoms with E-state index in [0.717, 1.165) is 5.82 Å². The minimum absolute atomic E-state index is 0.232. The first kappa shape index (κ1) is 15.0. The molecule has 1 unspecified atom stereocenters. The molecule has 0 radical (unpaired) electrons. The van der Waals surface area contributed by atoms with Crippen LogP contribution in [0.2, 0.25) is 0 Å². The van der Waals surface area contributed by atoms with Crippen molar-refractivity contribution in [2.45, 2.75) is 39.7 Å². The lowest BCUT2D eigenvalue weighted by Gasteiger charge is -2.20. The van der Waals surface area contributed by atoms with Crippen LogP contribution >= 0.6 is 15.9 Å². The standard InChI is InChI=1S/C17H21BrN2/c1-11(2)14-10-15(12(3)9-16(14)18)13(4)20-17-7-5-6-8-19-17/h5-11,13H,1-4H3,(H,19,20). The summed E-state index contributed by atoms with van der Waals surface area (Å²) in [4.78, 5) is 4.33. The van der Waals surface area contributed by atoms with Crippen molar-refractivity contribution in [3.63, 3.8) is 0 Å². The van der Waals surface area contributed by atoms with Crippen LogP contribution in [0.25, 0.3) is 0 Å². The first-order chi connectivity index (χ1) is 9.49. The summed E-state index contributed by atoms with van der Waals surface area (Å²) in [5, 5.41) is 3.46. The van der Waals surface area contributed by atoms with E-state index in [1.807, 2.05) is 24.4 Å². The highest BCUT2D eigenvalue weighted by Crippen LogP contribution is 2.31. The van der Waals surface area contributed by atoms with Gasteiger partial charge in [-0.1, -0.05) is 41.9 Å². The average molecular weight is 333 g/mol. The van der Waals surface area contributed by atoms with Gasteiger partial charge in [-0.3, -0.25) is 0 Å². The maximum Gasteiger partial charge on any atom is 0.126 e. The topological polar surface area (TPSA) is 24.9 Å². The fourth-order valence-electron chi connectivity index (χ4n) is 2.36. The minimum atomic E-state index is 0.232. The number of aryl methyl sites for hydroxylation is 1. The van der Waals surface area contributed by atoms with Crippen molar-refractivity contribution in [3.05, 3.63) is 57.7 Å². The van der Waals surface area contributed by atoms with E-state index < -0.39 is 0 Å². The predicted molar refractivity (Wildman–Crippen MR) is 89.2 cm³/mol. The predicted octanol–water partition coefficient (Wildman–Crippen LogP) is 5.45. The molecule has 0 saturated carbocycles. The quantitative estimate of drug-likeness (QED) is 0.805. The first-order valence-electron chi connectivity index (χ1n) is 6.96. The molecule has 2 aromatic rings. The molecule has 0 bridgehead atoms. The summed E-state index contributed by atoms with van der Waals surface area (Å²) >= 11 is 3.67. The zero-order valence-corrected chi connectivity index (χ0v) is 14.0. The van der Waals surface area contributed by atoms with Gasteiger partial charge in [0, 0.05) is 10.7 Å². The van der Waals surface area contributed by atoms with Gasteiger partial charge in [-0.2, -0.15) is 0 Å². The van der Waals surface area contributed by atoms with Gasteiger partial charge in [0.15, 0.2) is 0 Å². The van der Waals surface area contributed by atoms with Gasteiger partial charge in [-0.05, 0) is 54.7 Å². The summed E-state index contributed by atoms with van der Waals surface area (Å²) in [5.74, 6) is 1.42. The maximum atomic E-state index is 4.33. The molecule has 1 heterocycles. The highest BCUT2D eigenvalue weighted by molar-refractivity contribution is 9.10. The molecule has 2 nitrogen and oxygen atoms in total. The van der Waals surface area contributed by atoms with Gasteiger partial charge in [0.25, 0.3) is 0 Å². The molecule has 2 rings (SSSR count). The molecular weight excluding hydrogens is 312 g/mol. The number of nitrogens with one attached hydrogen (secondary N) is 1. The second-order valence-corrected chi connectivity index (χ2v) is 6.32. The molecule has 1 N–H and O–H groups in total. The molecule has 0 spiro atoms. The van der Waals surface area contributed by atoms with E-state index in [1.165, 1.54) is 21.2 Å². The lowest BCUT2D eigenvalue weighted by Crippen LogP contribution is -2.10. The van der Waals surface area contributed by atoms with Crippen molar-refractivity contribution >= 4 is 21.7 Å². The summed E-state index contributed by atoms with van der Waals surface area (Å²) in [7, 11) is 0. The lowest BCUT2D eigenvalue weighted by molar-refractivity contribution is 0.827. The van der Waals surface area contributed by atoms with Gasteiger partial charge in [0.2, 0.25) is 0 Å². The van der Waals surface area contributed by atoms with Crippen LogP contribution in [0, 0.1) is 6.92 Å². The van der Waals surface area contributed by atoms with E-state index in [1.54, 1.807) is 0 Å². The van der Waals surface area contributed by atoms with Crippen LogP contribution in [-0.2, 0) is 0 Å². The Morgan fingerprint density at radius 1 is 1.10 bits per heavy atom. The molecule has 0 fully saturated rings. The number of rotatable bonds is 4. The number of pyridine rings is 1. The molecule has 1 aromatic heterocycles. The van der Waals surface area contributed by atoms with Gasteiger partial charge in [-0.25, -0.2) is 4.98 Å². The van der Waals surface area contributed by atoms with E-state index in [0.29, 0.717) is 5.92 Å². The van der Waals surface area contributed by atoms with Crippen LogP contribution in [0.15, 0.2) is 41.0 Å². The number of hydrogen-bond donors (Lipinski definition) is 1. The van der Waals surface area contributed by atoms with E-state index in [2.05, 4.69) is 66.1 Å². The van der Waals surface area contributed by atoms with Crippen LogP contribution in [-0.4, -0.2) is 4.98 Å². The minimum Gasteiger partial charge on any atom is -0.364 e. The Bertz CT molecular complexity index is 579. The number of nitrogens with zero attached hydrogens (tertiary/aromatic N) is 1. The molecule has 1 atom stereocenters. The Hall–Kier alpha value is -1.35. The van der Waals surface area contributed by atoms with E-state index in [-0.39, 0.29) is 6.04 Å². The third-order valence-corrected chi connectivity index (χ3v) is 4.19. The molecular formula is C17H21BrN2. The van der Waals surface area contributed by atoms with Crippen molar-refractivity contribution in [2.75, 3.05) is 5.32 Å². The van der Waals surface area contributed by atoms with Crippen LogP contribution in [0.5, 0.6) is 0 Å². The number of halogens is 1. The van der Waals surface area contributed by atoms with Crippen molar-refractivity contribution in [3.8, 4) is 0 Å². The molecule has 106 valence electrons. The zero-order chi connectivity index (χ0) is 14.7. The number of aromatic nitrogens is 1. The van der Waals surface area contributed by atoms with E-state index >= 15 is 0 Å². The lowest BCUT2D eigenvalue weighted by atomic mass is 9.94. The molecule has 0 aliphatic heterocycles. The zero-order valence-electron chi connectivity index (χ0n) is 12.4. The van der Waals surface area contributed by atoms with Gasteiger partial charge in [0.05, 0.1) is 6.04 Å². The van der Waals surface area contributed by atoms with Gasteiger partial charge in [-0.15, -0.1) is 0 Å². The smallest absolute Gasteiger partial charge is 0.126 e. The number of benzene rings is 1. The van der Waals surface area contributed by atoms with Gasteiger partial charge < -0.3 is 5.32 Å².